The van der Waals surface area contributed by atoms with Crippen molar-refractivity contribution in [1.82, 2.24) is 9.80 Å². The Morgan fingerprint density at radius 1 is 1.33 bits per heavy atom. The van der Waals surface area contributed by atoms with Crippen molar-refractivity contribution in [2.45, 2.75) is 11.8 Å². The smallest absolute Gasteiger partial charge is 0.219 e. The van der Waals surface area contributed by atoms with E-state index in [0.29, 0.717) is 5.69 Å². The molecular weight excluding hydrogens is 286 g/mol. The van der Waals surface area contributed by atoms with E-state index in [1.165, 1.54) is 4.90 Å². The highest BCUT2D eigenvalue weighted by Gasteiger charge is 2.17. The maximum absolute atomic E-state index is 11.3. The van der Waals surface area contributed by atoms with Crippen LogP contribution in [0.4, 0.5) is 5.69 Å². The van der Waals surface area contributed by atoms with Gasteiger partial charge < -0.3 is 15.4 Å². The summed E-state index contributed by atoms with van der Waals surface area (Å²) in [5.41, 5.74) is 6.48. The number of benzene rings is 1. The minimum Gasteiger partial charge on any atom is -0.495 e. The Labute approximate surface area is 130 Å². The summed E-state index contributed by atoms with van der Waals surface area (Å²) in [5.74, 6) is 1.93. The minimum absolute atomic E-state index is 0.179. The summed E-state index contributed by atoms with van der Waals surface area (Å²) in [6, 6.07) is 5.89. The number of piperazine rings is 1. The highest BCUT2D eigenvalue weighted by Crippen LogP contribution is 2.28. The molecule has 21 heavy (non-hydrogen) atoms. The lowest BCUT2D eigenvalue weighted by Gasteiger charge is -2.34. The normalized spacial score (nSPS) is 16.0. The van der Waals surface area contributed by atoms with Crippen LogP contribution in [-0.4, -0.2) is 61.3 Å². The lowest BCUT2D eigenvalue weighted by molar-refractivity contribution is -0.130. The average Bonchev–Trinajstić information content (AvgIpc) is 2.49. The molecule has 0 atom stereocenters. The van der Waals surface area contributed by atoms with Crippen molar-refractivity contribution in [1.29, 1.82) is 0 Å². The monoisotopic (exact) mass is 309 g/mol. The molecule has 2 rings (SSSR count). The number of hydrogen-bond acceptors (Lipinski definition) is 5. The van der Waals surface area contributed by atoms with Gasteiger partial charge in [-0.25, -0.2) is 0 Å². The second kappa shape index (κ2) is 7.56. The fraction of sp³-hybridized carbons (Fsp3) is 0.533. The Bertz CT molecular complexity index is 488. The Morgan fingerprint density at radius 2 is 2.05 bits per heavy atom. The lowest BCUT2D eigenvalue weighted by Crippen LogP contribution is -2.48. The van der Waals surface area contributed by atoms with Gasteiger partial charge in [0.1, 0.15) is 5.75 Å². The third kappa shape index (κ3) is 4.54. The maximum Gasteiger partial charge on any atom is 0.219 e. The van der Waals surface area contributed by atoms with Crippen LogP contribution in [0.25, 0.3) is 0 Å². The van der Waals surface area contributed by atoms with Crippen LogP contribution in [0.2, 0.25) is 0 Å². The lowest BCUT2D eigenvalue weighted by atomic mass is 10.3. The predicted octanol–water partition coefficient (Wildman–Crippen LogP) is 1.53. The number of carbonyl (C=O) groups is 1. The molecule has 2 N–H and O–H groups in total. The Kier molecular flexibility index (Phi) is 5.76. The van der Waals surface area contributed by atoms with Crippen LogP contribution in [-0.2, 0) is 4.79 Å². The topological polar surface area (TPSA) is 58.8 Å². The van der Waals surface area contributed by atoms with Crippen molar-refractivity contribution >= 4 is 23.4 Å². The van der Waals surface area contributed by atoms with Gasteiger partial charge >= 0.3 is 0 Å². The molecule has 1 aliphatic heterocycles. The van der Waals surface area contributed by atoms with Gasteiger partial charge in [-0.15, -0.1) is 11.8 Å². The summed E-state index contributed by atoms with van der Waals surface area (Å²) in [6.07, 6.45) is 0. The van der Waals surface area contributed by atoms with E-state index in [-0.39, 0.29) is 5.91 Å². The second-order valence-electron chi connectivity index (χ2n) is 5.10. The number of nitrogen functional groups attached to an aromatic ring is 1. The number of hydrogen-bond donors (Lipinski definition) is 1. The van der Waals surface area contributed by atoms with Gasteiger partial charge in [0.2, 0.25) is 5.91 Å². The van der Waals surface area contributed by atoms with Crippen LogP contribution in [0.3, 0.4) is 0 Å². The molecule has 0 saturated carbocycles. The fourth-order valence-electron chi connectivity index (χ4n) is 2.36. The van der Waals surface area contributed by atoms with Crippen molar-refractivity contribution < 1.29 is 9.53 Å². The first-order chi connectivity index (χ1) is 10.1. The van der Waals surface area contributed by atoms with E-state index in [1.54, 1.807) is 25.8 Å². The Hall–Kier alpha value is -1.40. The highest BCUT2D eigenvalue weighted by molar-refractivity contribution is 7.99. The molecule has 0 radical (unpaired) electrons. The van der Waals surface area contributed by atoms with Gasteiger partial charge in [0.05, 0.1) is 12.8 Å². The standard InChI is InChI=1S/C15H23N3O2S/c1-12(19)18-7-5-17(6-8-18)9-10-21-13-3-4-14(16)15(11-13)20-2/h3-4,11H,5-10,16H2,1-2H3. The summed E-state index contributed by atoms with van der Waals surface area (Å²) in [6.45, 7) is 6.28. The number of amides is 1. The van der Waals surface area contributed by atoms with E-state index in [2.05, 4.69) is 4.90 Å². The zero-order valence-corrected chi connectivity index (χ0v) is 13.5. The Morgan fingerprint density at radius 3 is 2.67 bits per heavy atom. The molecule has 1 amide bonds. The largest absolute Gasteiger partial charge is 0.495 e. The maximum atomic E-state index is 11.3. The van der Waals surface area contributed by atoms with Crippen molar-refractivity contribution in [2.24, 2.45) is 0 Å². The van der Waals surface area contributed by atoms with Gasteiger partial charge in [-0.1, -0.05) is 0 Å². The molecule has 1 aromatic carbocycles. The summed E-state index contributed by atoms with van der Waals surface area (Å²) in [7, 11) is 1.63. The number of carbonyl (C=O) groups excluding carboxylic acids is 1. The van der Waals surface area contributed by atoms with Gasteiger partial charge in [-0.05, 0) is 18.2 Å². The summed E-state index contributed by atoms with van der Waals surface area (Å²) < 4.78 is 5.23. The zero-order valence-electron chi connectivity index (χ0n) is 12.7. The van der Waals surface area contributed by atoms with E-state index >= 15 is 0 Å². The number of thioether (sulfide) groups is 1. The number of nitrogens with two attached hydrogens (primary N) is 1. The van der Waals surface area contributed by atoms with Crippen LogP contribution in [0.5, 0.6) is 5.75 Å². The number of anilines is 1. The predicted molar refractivity (Wildman–Crippen MR) is 86.8 cm³/mol. The van der Waals surface area contributed by atoms with Crippen LogP contribution < -0.4 is 10.5 Å². The SMILES string of the molecule is COc1cc(SCCN2CCN(C(C)=O)CC2)ccc1N. The zero-order chi connectivity index (χ0) is 15.2. The molecule has 116 valence electrons. The van der Waals surface area contributed by atoms with E-state index in [0.717, 1.165) is 44.2 Å². The summed E-state index contributed by atoms with van der Waals surface area (Å²) in [4.78, 5) is 16.8. The van der Waals surface area contributed by atoms with E-state index in [1.807, 2.05) is 23.1 Å². The van der Waals surface area contributed by atoms with Gasteiger partial charge in [0, 0.05) is 50.3 Å². The molecule has 1 aliphatic rings. The number of rotatable bonds is 5. The van der Waals surface area contributed by atoms with Gasteiger partial charge in [-0.3, -0.25) is 9.69 Å². The van der Waals surface area contributed by atoms with Gasteiger partial charge in [-0.2, -0.15) is 0 Å². The molecular formula is C15H23N3O2S. The van der Waals surface area contributed by atoms with Crippen LogP contribution in [0, 0.1) is 0 Å². The molecule has 0 aliphatic carbocycles. The second-order valence-corrected chi connectivity index (χ2v) is 6.27. The summed E-state index contributed by atoms with van der Waals surface area (Å²) in [5, 5.41) is 0. The molecule has 0 aromatic heterocycles. The van der Waals surface area contributed by atoms with Crippen LogP contribution in [0.1, 0.15) is 6.92 Å². The molecule has 1 aromatic rings. The van der Waals surface area contributed by atoms with E-state index in [9.17, 15) is 4.79 Å². The molecule has 0 bridgehead atoms. The van der Waals surface area contributed by atoms with E-state index in [4.69, 9.17) is 10.5 Å². The third-order valence-electron chi connectivity index (χ3n) is 3.70. The molecule has 0 unspecified atom stereocenters. The minimum atomic E-state index is 0.179. The fourth-order valence-corrected chi connectivity index (χ4v) is 3.30. The van der Waals surface area contributed by atoms with Crippen molar-refractivity contribution in [3.63, 3.8) is 0 Å². The average molecular weight is 309 g/mol. The van der Waals surface area contributed by atoms with Crippen molar-refractivity contribution in [2.75, 3.05) is 51.3 Å². The van der Waals surface area contributed by atoms with E-state index < -0.39 is 0 Å². The number of ether oxygens (including phenoxy) is 1. The first kappa shape index (κ1) is 16.0. The molecule has 0 spiro atoms. The number of nitrogens with zero attached hydrogens (tertiary/aromatic N) is 2. The molecule has 1 heterocycles. The van der Waals surface area contributed by atoms with Gasteiger partial charge in [0.15, 0.2) is 0 Å². The molecule has 1 fully saturated rings. The van der Waals surface area contributed by atoms with Crippen molar-refractivity contribution in [3.8, 4) is 5.75 Å². The molecule has 5 nitrogen and oxygen atoms in total. The third-order valence-corrected chi connectivity index (χ3v) is 4.67. The highest BCUT2D eigenvalue weighted by atomic mass is 32.2. The van der Waals surface area contributed by atoms with Crippen molar-refractivity contribution in [3.05, 3.63) is 18.2 Å². The first-order valence-electron chi connectivity index (χ1n) is 7.14. The Balaban J connectivity index is 1.74. The van der Waals surface area contributed by atoms with Crippen LogP contribution >= 0.6 is 11.8 Å². The van der Waals surface area contributed by atoms with Crippen LogP contribution in [0.15, 0.2) is 23.1 Å². The molecule has 6 heteroatoms. The number of methoxy groups -OCH3 is 1. The van der Waals surface area contributed by atoms with Gasteiger partial charge in [0.25, 0.3) is 0 Å². The quantitative estimate of drug-likeness (QED) is 0.660. The summed E-state index contributed by atoms with van der Waals surface area (Å²) >= 11 is 1.80. The first-order valence-corrected chi connectivity index (χ1v) is 8.13. The molecule has 1 saturated heterocycles.